The first-order valence-electron chi connectivity index (χ1n) is 36.9. The van der Waals surface area contributed by atoms with Crippen molar-refractivity contribution in [1.29, 1.82) is 0 Å². The molecule has 0 atom stereocenters. The van der Waals surface area contributed by atoms with Gasteiger partial charge in [-0.15, -0.1) is 30.8 Å². The fourth-order valence-corrected chi connectivity index (χ4v) is 15.6. The molecule has 0 saturated carbocycles. The molecule has 0 spiro atoms. The van der Waals surface area contributed by atoms with E-state index in [0.29, 0.717) is 130 Å². The third-order valence-electron chi connectivity index (χ3n) is 20.0. The number of ketones is 2. The Hall–Kier alpha value is -11.8. The van der Waals surface area contributed by atoms with Gasteiger partial charge in [-0.05, 0) is 133 Å². The summed E-state index contributed by atoms with van der Waals surface area (Å²) in [6, 6.07) is 75.4. The molecule has 16 rings (SSSR count). The van der Waals surface area contributed by atoms with Crippen molar-refractivity contribution in [3.8, 4) is 46.8 Å². The van der Waals surface area contributed by atoms with Crippen LogP contribution in [0, 0.1) is 12.3 Å². The zero-order chi connectivity index (χ0) is 78.2. The van der Waals surface area contributed by atoms with E-state index in [1.807, 2.05) is 181 Å². The predicted octanol–water partition coefficient (Wildman–Crippen LogP) is 16.6. The van der Waals surface area contributed by atoms with Gasteiger partial charge in [0, 0.05) is 116 Å². The molecule has 21 heteroatoms. The Labute approximate surface area is 692 Å². The van der Waals surface area contributed by atoms with Gasteiger partial charge in [0.2, 0.25) is 11.2 Å². The highest BCUT2D eigenvalue weighted by Crippen LogP contribution is 2.50. The lowest BCUT2D eigenvalue weighted by Crippen LogP contribution is -3.00. The van der Waals surface area contributed by atoms with Crippen LogP contribution in [0.15, 0.2) is 295 Å². The largest absolute Gasteiger partial charge is 1.00 e. The number of nitrogens with zero attached hydrogens (tertiary/aromatic N) is 6. The fraction of sp³-hybridized carbons (Fsp3) is 0.161. The van der Waals surface area contributed by atoms with Crippen molar-refractivity contribution in [3.05, 3.63) is 342 Å². The Morgan fingerprint density at radius 2 is 0.842 bits per heavy atom. The van der Waals surface area contributed by atoms with Crippen LogP contribution in [-0.2, 0) is 49.0 Å². The molecule has 0 N–H and O–H groups in total. The number of terminal acetylenes is 1. The Balaban J connectivity index is 0.000000187. The number of ether oxygens (including phenoxy) is 6. The number of carbonyl (C=O) groups is 2. The van der Waals surface area contributed by atoms with Crippen molar-refractivity contribution in [3.63, 3.8) is 0 Å². The van der Waals surface area contributed by atoms with Gasteiger partial charge in [0.25, 0.3) is 11.0 Å². The number of methoxy groups -OCH3 is 4. The zero-order valence-corrected chi connectivity index (χ0v) is 68.3. The highest BCUT2D eigenvalue weighted by atomic mass is 79.9. The topological polar surface area (TPSA) is 137 Å². The molecule has 0 bridgehead atoms. The Kier molecular flexibility index (Phi) is 24.6. The molecule has 12 aromatic rings. The maximum atomic E-state index is 14.4. The van der Waals surface area contributed by atoms with E-state index in [4.69, 9.17) is 79.5 Å². The summed E-state index contributed by atoms with van der Waals surface area (Å²) in [5, 5.41) is 1.32. The fourth-order valence-electron chi connectivity index (χ4n) is 14.2. The quantitative estimate of drug-likeness (QED) is 0.0238. The molecule has 114 heavy (non-hydrogen) atoms. The van der Waals surface area contributed by atoms with Gasteiger partial charge >= 0.3 is 11.8 Å². The van der Waals surface area contributed by atoms with E-state index in [2.05, 4.69) is 117 Å². The number of oxazole rings is 2. The van der Waals surface area contributed by atoms with Gasteiger partial charge in [-0.1, -0.05) is 138 Å². The number of fused-ring (bicyclic) bond motifs is 4. The van der Waals surface area contributed by atoms with Crippen LogP contribution >= 0.6 is 47.6 Å². The number of thiol groups is 1. The lowest BCUT2D eigenvalue weighted by molar-refractivity contribution is -0.669. The van der Waals surface area contributed by atoms with Crippen LogP contribution < -0.4 is 74.1 Å². The maximum Gasteiger partial charge on any atom is 0.375 e. The van der Waals surface area contributed by atoms with Crippen LogP contribution in [0.1, 0.15) is 59.0 Å². The standard InChI is InChI=1S/C48H41ClN3O5S.C45H38ClN3O5S.BrH/c1-5-24-58-48-39(47(53)40(48)28-46-52(30-32-12-16-35(49)17-13-32)42-23-20-37(55-4)26-44(42)57-46)27-45-50(6-2)43-25-38(56-31-34-10-8-7-9-11-34)21-22-41(43)51(45)29-33-14-18-36(54-3)19-15-33;1-4-47-40-22-35(53-28-31-8-6-5-7-9-31)19-20-38(40)48(26-30-12-16-33(51-2)17-13-30)42(47)24-36-44(50)37(45(36)55)25-43-49(27-29-10-14-32(46)15-11-29)39-21-18-34(52-3)23-41(39)54-43;/h1,7-23,25-28H,6,24,29-31H2,2-4H3;5-25H,4,26-28H2,1-3H3;1H/q+1;;. The van der Waals surface area contributed by atoms with E-state index < -0.39 is 0 Å². The minimum absolute atomic E-state index is 0. The van der Waals surface area contributed by atoms with Gasteiger partial charge in [-0.25, -0.2) is 0 Å². The molecule has 4 heterocycles. The van der Waals surface area contributed by atoms with Gasteiger partial charge in [-0.2, -0.15) is 9.13 Å². The van der Waals surface area contributed by atoms with Gasteiger partial charge in [-0.3, -0.25) is 9.59 Å². The first-order chi connectivity index (χ1) is 55.2. The van der Waals surface area contributed by atoms with Gasteiger partial charge < -0.3 is 73.8 Å². The van der Waals surface area contributed by atoms with Crippen LogP contribution in [-0.4, -0.2) is 58.8 Å². The van der Waals surface area contributed by atoms with Crippen LogP contribution in [0.4, 0.5) is 22.7 Å². The van der Waals surface area contributed by atoms with Gasteiger partial charge in [0.1, 0.15) is 59.4 Å². The summed E-state index contributed by atoms with van der Waals surface area (Å²) < 4.78 is 51.2. The Morgan fingerprint density at radius 1 is 0.447 bits per heavy atom. The summed E-state index contributed by atoms with van der Waals surface area (Å²) in [6.45, 7) is 8.59. The molecule has 2 aromatic heterocycles. The molecule has 10 aromatic carbocycles. The summed E-state index contributed by atoms with van der Waals surface area (Å²) in [5.74, 6) is 10.2. The lowest BCUT2D eigenvalue weighted by atomic mass is 9.89. The average Bonchev–Trinajstić information content (AvgIpc) is 1.35. The third kappa shape index (κ3) is 16.8. The number of carbonyl (C=O) groups excluding carboxylic acids is 2. The average molecular weight is 1660 g/mol. The normalized spacial score (nSPS) is 14.9. The van der Waals surface area contributed by atoms with Crippen molar-refractivity contribution in [2.75, 3.05) is 66.9 Å². The number of halogens is 3. The molecule has 0 amide bonds. The van der Waals surface area contributed by atoms with E-state index in [-0.39, 0.29) is 28.5 Å². The van der Waals surface area contributed by atoms with Crippen molar-refractivity contribution in [1.82, 2.24) is 0 Å². The van der Waals surface area contributed by atoms with Gasteiger partial charge in [0.05, 0.1) is 69.1 Å². The molecule has 0 saturated heterocycles. The molecule has 0 radical (unpaired) electrons. The summed E-state index contributed by atoms with van der Waals surface area (Å²) in [4.78, 5) is 38.9. The highest BCUT2D eigenvalue weighted by molar-refractivity contribution is 8.03. The molecular weight excluding hydrogens is 1580 g/mol. The first kappa shape index (κ1) is 78.9. The number of rotatable bonds is 26. The number of hydrogen-bond acceptors (Lipinski definition) is 16. The number of anilines is 4. The number of benzene rings is 10. The van der Waals surface area contributed by atoms with Crippen molar-refractivity contribution in [2.24, 2.45) is 0 Å². The Bertz CT molecular complexity index is 5840. The number of allylic oxidation sites excluding steroid dienone is 6. The summed E-state index contributed by atoms with van der Waals surface area (Å²) >= 11 is 18.8. The van der Waals surface area contributed by atoms with Crippen LogP contribution in [0.3, 0.4) is 0 Å². The smallest absolute Gasteiger partial charge is 0.375 e. The van der Waals surface area contributed by atoms with Crippen molar-refractivity contribution < 1.29 is 73.0 Å². The van der Waals surface area contributed by atoms with Crippen LogP contribution in [0.2, 0.25) is 10.0 Å². The SMILES string of the molecule is C#CCSC1=C(/C=C2/N(CC)c3cc(OCc4ccccc4)ccc3N2Cc2ccc(OC)cc2)C(=O)/C1=C/c1oc2cc(OC)ccc2[n+]1Cc1ccc(Cl)cc1.CCN1/C(=C/C2=C(S)C(=C\c3oc4cc(OC)ccc4[n+]3Cc3ccc(Cl)cc3)/C2=O)N(Cc2ccc(OC)cc2)c2ccc(OCc3ccccc3)cc21.[Br-]. The Morgan fingerprint density at radius 3 is 1.25 bits per heavy atom. The number of thioether (sulfide) groups is 1. The second kappa shape index (κ2) is 35.5. The van der Waals surface area contributed by atoms with E-state index in [0.717, 1.165) is 107 Å². The molecule has 2 aliphatic heterocycles. The summed E-state index contributed by atoms with van der Waals surface area (Å²) in [5.41, 5.74) is 15.6. The van der Waals surface area contributed by atoms with Crippen molar-refractivity contribution in [2.45, 2.75) is 53.2 Å². The second-order valence-electron chi connectivity index (χ2n) is 27.0. The minimum atomic E-state index is -0.114. The van der Waals surface area contributed by atoms with E-state index in [1.54, 1.807) is 34.5 Å². The van der Waals surface area contributed by atoms with E-state index >= 15 is 0 Å². The number of Topliss-reactive ketones (excluding diaryl/α,β-unsaturated/α-hetero) is 2. The van der Waals surface area contributed by atoms with Crippen LogP contribution in [0.5, 0.6) is 34.5 Å². The molecule has 16 nitrogen and oxygen atoms in total. The van der Waals surface area contributed by atoms with Gasteiger partial charge in [0.15, 0.2) is 24.7 Å². The molecule has 0 fully saturated rings. The number of aromatic nitrogens is 2. The third-order valence-corrected chi connectivity index (χ3v) is 22.1. The minimum Gasteiger partial charge on any atom is -1.00 e. The lowest BCUT2D eigenvalue weighted by Gasteiger charge is -2.28. The van der Waals surface area contributed by atoms with Crippen molar-refractivity contribution >= 4 is 116 Å². The molecule has 4 aliphatic rings. The second-order valence-corrected chi connectivity index (χ2v) is 29.3. The molecular formula is C93H80BrCl2N6O10S2+. The predicted molar refractivity (Wildman–Crippen MR) is 452 cm³/mol. The highest BCUT2D eigenvalue weighted by Gasteiger charge is 2.41. The maximum absolute atomic E-state index is 14.4. The van der Waals surface area contributed by atoms with E-state index in [9.17, 15) is 9.59 Å². The summed E-state index contributed by atoms with van der Waals surface area (Å²) in [7, 11) is 6.57. The van der Waals surface area contributed by atoms with Crippen LogP contribution in [0.25, 0.3) is 34.4 Å². The number of hydrogen-bond donors (Lipinski definition) is 1. The molecule has 2 aliphatic carbocycles. The monoisotopic (exact) mass is 1650 g/mol. The molecule has 574 valence electrons. The molecule has 0 unspecified atom stereocenters. The first-order valence-corrected chi connectivity index (χ1v) is 39.1. The van der Waals surface area contributed by atoms with E-state index in [1.165, 1.54) is 11.8 Å². The summed E-state index contributed by atoms with van der Waals surface area (Å²) in [6.07, 6.45) is 13.4. The zero-order valence-electron chi connectivity index (χ0n) is 63.4.